The Morgan fingerprint density at radius 1 is 0.242 bits per heavy atom. The molecule has 0 amide bonds. The van der Waals surface area contributed by atoms with E-state index >= 15 is 0 Å². The maximum absolute atomic E-state index is 8.74. The second-order valence-electron chi connectivity index (χ2n) is 2.24. The fourth-order valence-corrected chi connectivity index (χ4v) is 0. The molecule has 33 heteroatoms. The van der Waals surface area contributed by atoms with Gasteiger partial charge in [0.05, 0.1) is 0 Å². The molecule has 0 aromatic carbocycles. The third kappa shape index (κ3) is 1020. The quantitative estimate of drug-likeness (QED) is 0.0837. The second kappa shape index (κ2) is 41.5. The molecule has 0 aliphatic carbocycles. The topological polar surface area (TPSA) is 373 Å². The van der Waals surface area contributed by atoms with E-state index in [2.05, 4.69) is 0 Å². The zero-order valence-electron chi connectivity index (χ0n) is 26.6. The molecule has 0 heterocycles. The van der Waals surface area contributed by atoms with Gasteiger partial charge in [0.15, 0.2) is 0 Å². The van der Waals surface area contributed by atoms with E-state index in [1.54, 1.807) is 0 Å². The van der Waals surface area contributed by atoms with E-state index in [-0.39, 0.29) is 248 Å². The molecule has 0 saturated carbocycles. The van der Waals surface area contributed by atoms with Crippen LogP contribution < -0.4 is 236 Å². The SMILES string of the molecule is O=S(=O)(O)O.O=S(=O)(O)O.O=S(=O)(O)O.O=S(=O)(O)O.O=S(=O)(O)O.[H-].[H-].[H-].[H-].[H-].[H-].[H-].[H-].[Na+].[Na+].[Na+].[Na+].[Na+].[Na+].[Na+].[Na+]. The first-order valence-corrected chi connectivity index (χ1v) is 10.5. The van der Waals surface area contributed by atoms with Gasteiger partial charge >= 0.3 is 288 Å². The molecular weight excluding hydrogens is 664 g/mol. The summed E-state index contributed by atoms with van der Waals surface area (Å²) < 4.78 is 158. The standard InChI is InChI=1S/8Na.5H2O4S.8H/c;;;;;;;;5*1-5(2,3)4;;;;;;;;/h;;;;;;;;5*(H2,1,2,3,4);;;;;;;;/q8*+1;;;;;;8*-1. The van der Waals surface area contributed by atoms with Crippen LogP contribution in [0, 0.1) is 0 Å². The summed E-state index contributed by atoms with van der Waals surface area (Å²) in [5.74, 6) is 0. The van der Waals surface area contributed by atoms with Crippen molar-refractivity contribution in [3.63, 3.8) is 0 Å². The van der Waals surface area contributed by atoms with Crippen LogP contribution in [0.15, 0.2) is 0 Å². The van der Waals surface area contributed by atoms with Gasteiger partial charge < -0.3 is 11.4 Å². The Morgan fingerprint density at radius 2 is 0.242 bits per heavy atom. The average Bonchev–Trinajstić information content (AvgIpc) is 1.79. The molecule has 0 fully saturated rings. The van der Waals surface area contributed by atoms with E-state index in [1.807, 2.05) is 0 Å². The maximum Gasteiger partial charge on any atom is 1.00 e. The van der Waals surface area contributed by atoms with E-state index in [9.17, 15) is 0 Å². The third-order valence-corrected chi connectivity index (χ3v) is 0. The van der Waals surface area contributed by atoms with Crippen molar-refractivity contribution in [1.29, 1.82) is 0 Å². The van der Waals surface area contributed by atoms with Crippen LogP contribution in [0.2, 0.25) is 0 Å². The summed E-state index contributed by atoms with van der Waals surface area (Å²) in [7, 11) is -23.3. The molecule has 20 nitrogen and oxygen atoms in total. The van der Waals surface area contributed by atoms with Crippen LogP contribution in [0.5, 0.6) is 0 Å². The van der Waals surface area contributed by atoms with Gasteiger partial charge in [0.2, 0.25) is 0 Å². The minimum Gasteiger partial charge on any atom is -1.00 e. The molecule has 0 saturated heterocycles. The maximum atomic E-state index is 8.74. The van der Waals surface area contributed by atoms with Crippen molar-refractivity contribution in [1.82, 2.24) is 0 Å². The van der Waals surface area contributed by atoms with Crippen molar-refractivity contribution in [2.75, 3.05) is 0 Å². The first kappa shape index (κ1) is 83.5. The second-order valence-corrected chi connectivity index (χ2v) is 6.72. The van der Waals surface area contributed by atoms with Crippen molar-refractivity contribution in [3.8, 4) is 0 Å². The molecule has 0 rings (SSSR count). The Kier molecular flexibility index (Phi) is 105. The predicted octanol–water partition coefficient (Wildman–Crippen LogP) is -26.3. The third-order valence-electron chi connectivity index (χ3n) is 0. The zero-order valence-corrected chi connectivity index (χ0v) is 38.7. The van der Waals surface area contributed by atoms with E-state index in [1.165, 1.54) is 0 Å². The van der Waals surface area contributed by atoms with E-state index < -0.39 is 52.0 Å². The van der Waals surface area contributed by atoms with Crippen LogP contribution in [0.25, 0.3) is 0 Å². The van der Waals surface area contributed by atoms with E-state index in [0.717, 1.165) is 0 Å². The first-order chi connectivity index (χ1) is 10.0. The number of rotatable bonds is 0. The van der Waals surface area contributed by atoms with Crippen molar-refractivity contribution in [3.05, 3.63) is 0 Å². The normalized spacial score (nSPS) is 8.79. The van der Waals surface area contributed by atoms with E-state index in [4.69, 9.17) is 87.6 Å². The molecule has 176 valence electrons. The fourth-order valence-electron chi connectivity index (χ4n) is 0. The predicted molar refractivity (Wildman–Crippen MR) is 79.8 cm³/mol. The monoisotopic (exact) mass is 682 g/mol. The summed E-state index contributed by atoms with van der Waals surface area (Å²) in [5, 5.41) is 0. The van der Waals surface area contributed by atoms with Crippen molar-refractivity contribution >= 4 is 52.0 Å². The molecule has 0 atom stereocenters. The van der Waals surface area contributed by atoms with Crippen LogP contribution in [0.3, 0.4) is 0 Å². The minimum absolute atomic E-state index is 0. The molecule has 10 N–H and O–H groups in total. The zero-order chi connectivity index (χ0) is 22.5. The smallest absolute Gasteiger partial charge is 1.00 e. The number of hydrogen-bond donors (Lipinski definition) is 10. The van der Waals surface area contributed by atoms with Gasteiger partial charge in [-0.3, -0.25) is 45.5 Å². The molecular formula is H18Na8O20S5. The van der Waals surface area contributed by atoms with Gasteiger partial charge in [-0.15, -0.1) is 0 Å². The van der Waals surface area contributed by atoms with Crippen LogP contribution in [0.4, 0.5) is 0 Å². The van der Waals surface area contributed by atoms with Gasteiger partial charge in [0, 0.05) is 0 Å². The van der Waals surface area contributed by atoms with E-state index in [0.29, 0.717) is 0 Å². The summed E-state index contributed by atoms with van der Waals surface area (Å²) in [6, 6.07) is 0. The van der Waals surface area contributed by atoms with Crippen molar-refractivity contribution in [2.45, 2.75) is 0 Å². The van der Waals surface area contributed by atoms with Gasteiger partial charge in [0.1, 0.15) is 0 Å². The van der Waals surface area contributed by atoms with Gasteiger partial charge in [-0.2, -0.15) is 42.1 Å². The van der Waals surface area contributed by atoms with Crippen LogP contribution in [-0.2, 0) is 52.0 Å². The molecule has 0 radical (unpaired) electrons. The molecule has 0 bridgehead atoms. The first-order valence-electron chi connectivity index (χ1n) is 3.49. The largest absolute Gasteiger partial charge is 1.00 e. The molecule has 0 aromatic heterocycles. The Labute approximate surface area is 379 Å². The van der Waals surface area contributed by atoms with Crippen LogP contribution in [-0.4, -0.2) is 87.6 Å². The van der Waals surface area contributed by atoms with Gasteiger partial charge in [-0.05, 0) is 0 Å². The Morgan fingerprint density at radius 3 is 0.242 bits per heavy atom. The van der Waals surface area contributed by atoms with Gasteiger partial charge in [-0.25, -0.2) is 0 Å². The average molecular weight is 682 g/mol. The Balaban J connectivity index is -0.00000000585. The van der Waals surface area contributed by atoms with Crippen LogP contribution >= 0.6 is 0 Å². The molecule has 0 aliphatic heterocycles. The summed E-state index contributed by atoms with van der Waals surface area (Å²) in [6.07, 6.45) is 0. The minimum atomic E-state index is -4.67. The fraction of sp³-hybridized carbons (Fsp3) is 0. The summed E-state index contributed by atoms with van der Waals surface area (Å²) in [4.78, 5) is 0. The molecule has 0 aliphatic rings. The van der Waals surface area contributed by atoms with Crippen molar-refractivity contribution < 1.29 is 335 Å². The van der Waals surface area contributed by atoms with Crippen molar-refractivity contribution in [2.24, 2.45) is 0 Å². The van der Waals surface area contributed by atoms with Gasteiger partial charge in [0.25, 0.3) is 0 Å². The summed E-state index contributed by atoms with van der Waals surface area (Å²) in [6.45, 7) is 0. The Bertz CT molecular complexity index is 664. The molecule has 0 spiro atoms. The van der Waals surface area contributed by atoms with Crippen LogP contribution in [0.1, 0.15) is 11.4 Å². The summed E-state index contributed by atoms with van der Waals surface area (Å²) >= 11 is 0. The molecule has 33 heavy (non-hydrogen) atoms. The van der Waals surface area contributed by atoms with Gasteiger partial charge in [-0.1, -0.05) is 0 Å². The molecule has 0 unspecified atom stereocenters. The Hall–Kier alpha value is 7.35. The summed E-state index contributed by atoms with van der Waals surface area (Å²) in [5.41, 5.74) is 0. The number of hydrogen-bond acceptors (Lipinski definition) is 10. The molecule has 0 aromatic rings.